The van der Waals surface area contributed by atoms with Crippen LogP contribution in [-0.2, 0) is 19.2 Å². The number of hydrogen-bond acceptors (Lipinski definition) is 8. The second kappa shape index (κ2) is 15.3. The van der Waals surface area contributed by atoms with Crippen LogP contribution >= 0.6 is 12.6 Å². The molecule has 11 N–H and O–H groups in total. The van der Waals surface area contributed by atoms with Gasteiger partial charge in [0.25, 0.3) is 0 Å². The maximum absolute atomic E-state index is 13.0. The number of nitrogens with zero attached hydrogens (tertiary/aromatic N) is 2. The van der Waals surface area contributed by atoms with Crippen LogP contribution in [0.4, 0.5) is 0 Å². The molecule has 0 aromatic rings. The molecule has 34 heavy (non-hydrogen) atoms. The lowest BCUT2D eigenvalue weighted by molar-refractivity contribution is -0.143. The van der Waals surface area contributed by atoms with E-state index in [1.807, 2.05) is 0 Å². The molecular formula is C20H38N8O5S. The number of amides is 3. The van der Waals surface area contributed by atoms with E-state index < -0.39 is 42.0 Å². The highest BCUT2D eigenvalue weighted by molar-refractivity contribution is 7.80. The van der Waals surface area contributed by atoms with E-state index in [2.05, 4.69) is 28.3 Å². The van der Waals surface area contributed by atoms with Gasteiger partial charge in [-0.2, -0.15) is 12.6 Å². The molecule has 0 aliphatic carbocycles. The van der Waals surface area contributed by atoms with E-state index in [9.17, 15) is 24.3 Å². The first-order valence-electron chi connectivity index (χ1n) is 11.4. The molecule has 1 fully saturated rings. The predicted molar refractivity (Wildman–Crippen MR) is 131 cm³/mol. The number of aliphatic carboxylic acids is 1. The van der Waals surface area contributed by atoms with Gasteiger partial charge < -0.3 is 43.6 Å². The Morgan fingerprint density at radius 3 is 2.35 bits per heavy atom. The van der Waals surface area contributed by atoms with Gasteiger partial charge in [0, 0.05) is 18.8 Å². The summed E-state index contributed by atoms with van der Waals surface area (Å²) in [7, 11) is 0. The molecule has 1 rings (SSSR count). The zero-order valence-electron chi connectivity index (χ0n) is 19.3. The lowest BCUT2D eigenvalue weighted by Gasteiger charge is -2.28. The van der Waals surface area contributed by atoms with Crippen LogP contribution in [0.25, 0.3) is 0 Å². The monoisotopic (exact) mass is 502 g/mol. The summed E-state index contributed by atoms with van der Waals surface area (Å²) in [6, 6.07) is -3.75. The van der Waals surface area contributed by atoms with Crippen LogP contribution in [0, 0.1) is 0 Å². The van der Waals surface area contributed by atoms with E-state index in [1.165, 1.54) is 4.90 Å². The van der Waals surface area contributed by atoms with Crippen LogP contribution in [-0.4, -0.2) is 89.2 Å². The minimum Gasteiger partial charge on any atom is -0.480 e. The van der Waals surface area contributed by atoms with Crippen molar-refractivity contribution < 1.29 is 24.3 Å². The van der Waals surface area contributed by atoms with Crippen molar-refractivity contribution in [3.63, 3.8) is 0 Å². The van der Waals surface area contributed by atoms with Gasteiger partial charge in [-0.25, -0.2) is 4.79 Å². The summed E-state index contributed by atoms with van der Waals surface area (Å²) in [5.74, 6) is -2.66. The molecule has 1 aliphatic rings. The SMILES string of the molecule is NCCCCC(NC(=O)C(CCCN=C(N)N)NC(=O)C1CCCN1C(=O)C(N)CS)C(=O)O. The number of carbonyl (C=O) groups excluding carboxylic acids is 3. The number of carbonyl (C=O) groups is 4. The number of carboxylic acid groups (broad SMARTS) is 1. The van der Waals surface area contributed by atoms with Crippen LogP contribution in [0.5, 0.6) is 0 Å². The molecule has 1 heterocycles. The number of aliphatic imine (C=N–C) groups is 1. The summed E-state index contributed by atoms with van der Waals surface area (Å²) in [5, 5.41) is 14.6. The maximum Gasteiger partial charge on any atom is 0.326 e. The van der Waals surface area contributed by atoms with Crippen molar-refractivity contribution in [1.29, 1.82) is 0 Å². The van der Waals surface area contributed by atoms with E-state index in [0.717, 1.165) is 0 Å². The third-order valence-electron chi connectivity index (χ3n) is 5.49. The Hall–Kier alpha value is -2.58. The van der Waals surface area contributed by atoms with Gasteiger partial charge in [0.15, 0.2) is 5.96 Å². The highest BCUT2D eigenvalue weighted by atomic mass is 32.1. The van der Waals surface area contributed by atoms with Crippen molar-refractivity contribution in [2.45, 2.75) is 69.1 Å². The minimum absolute atomic E-state index is 0.100. The van der Waals surface area contributed by atoms with Crippen molar-refractivity contribution in [2.24, 2.45) is 27.9 Å². The third-order valence-corrected chi connectivity index (χ3v) is 5.89. The van der Waals surface area contributed by atoms with Crippen LogP contribution in [0.3, 0.4) is 0 Å². The molecule has 0 aromatic heterocycles. The Bertz CT molecular complexity index is 734. The van der Waals surface area contributed by atoms with Gasteiger partial charge in [0.1, 0.15) is 18.1 Å². The van der Waals surface area contributed by atoms with Gasteiger partial charge >= 0.3 is 5.97 Å². The van der Waals surface area contributed by atoms with Gasteiger partial charge in [-0.3, -0.25) is 19.4 Å². The zero-order chi connectivity index (χ0) is 25.7. The summed E-state index contributed by atoms with van der Waals surface area (Å²) < 4.78 is 0. The maximum atomic E-state index is 13.0. The Morgan fingerprint density at radius 2 is 1.76 bits per heavy atom. The average Bonchev–Trinajstić information content (AvgIpc) is 3.29. The number of hydrogen-bond donors (Lipinski definition) is 8. The first-order valence-corrected chi connectivity index (χ1v) is 12.0. The largest absolute Gasteiger partial charge is 0.480 e. The molecule has 0 spiro atoms. The van der Waals surface area contributed by atoms with Crippen LogP contribution in [0.1, 0.15) is 44.9 Å². The molecule has 14 heteroatoms. The molecule has 13 nitrogen and oxygen atoms in total. The molecular weight excluding hydrogens is 464 g/mol. The van der Waals surface area contributed by atoms with Crippen molar-refractivity contribution in [3.05, 3.63) is 0 Å². The average molecular weight is 503 g/mol. The number of carboxylic acids is 1. The van der Waals surface area contributed by atoms with E-state index in [-0.39, 0.29) is 37.0 Å². The topological polar surface area (TPSA) is 232 Å². The van der Waals surface area contributed by atoms with E-state index in [1.54, 1.807) is 0 Å². The highest BCUT2D eigenvalue weighted by Gasteiger charge is 2.37. The lowest BCUT2D eigenvalue weighted by Crippen LogP contribution is -2.56. The van der Waals surface area contributed by atoms with Crippen molar-refractivity contribution in [2.75, 3.05) is 25.4 Å². The second-order valence-electron chi connectivity index (χ2n) is 8.17. The van der Waals surface area contributed by atoms with Gasteiger partial charge in [0.2, 0.25) is 17.7 Å². The van der Waals surface area contributed by atoms with Crippen LogP contribution in [0.2, 0.25) is 0 Å². The fourth-order valence-corrected chi connectivity index (χ4v) is 3.81. The van der Waals surface area contributed by atoms with Gasteiger partial charge in [-0.05, 0) is 51.5 Å². The summed E-state index contributed by atoms with van der Waals surface area (Å²) in [4.78, 5) is 55.3. The van der Waals surface area contributed by atoms with E-state index in [4.69, 9.17) is 22.9 Å². The highest BCUT2D eigenvalue weighted by Crippen LogP contribution is 2.19. The van der Waals surface area contributed by atoms with Crippen LogP contribution in [0.15, 0.2) is 4.99 Å². The van der Waals surface area contributed by atoms with Crippen molar-refractivity contribution in [1.82, 2.24) is 15.5 Å². The molecule has 0 saturated carbocycles. The molecule has 194 valence electrons. The fraction of sp³-hybridized carbons (Fsp3) is 0.750. The smallest absolute Gasteiger partial charge is 0.326 e. The summed E-state index contributed by atoms with van der Waals surface area (Å²) in [6.45, 7) is 1.02. The van der Waals surface area contributed by atoms with Crippen molar-refractivity contribution >= 4 is 42.3 Å². The number of rotatable bonds is 15. The van der Waals surface area contributed by atoms with Gasteiger partial charge in [0.05, 0.1) is 6.04 Å². The third kappa shape index (κ3) is 9.73. The first kappa shape index (κ1) is 29.5. The van der Waals surface area contributed by atoms with Gasteiger partial charge in [-0.15, -0.1) is 0 Å². The molecule has 3 amide bonds. The Balaban J connectivity index is 2.92. The second-order valence-corrected chi connectivity index (χ2v) is 8.54. The van der Waals surface area contributed by atoms with Crippen molar-refractivity contribution in [3.8, 4) is 0 Å². The molecule has 0 aromatic carbocycles. The number of nitrogens with one attached hydrogen (secondary N) is 2. The summed E-state index contributed by atoms with van der Waals surface area (Å²) in [5.41, 5.74) is 21.9. The molecule has 4 atom stereocenters. The molecule has 4 unspecified atom stereocenters. The number of unbranched alkanes of at least 4 members (excludes halogenated alkanes) is 1. The molecule has 0 radical (unpaired) electrons. The van der Waals surface area contributed by atoms with E-state index >= 15 is 0 Å². The van der Waals surface area contributed by atoms with Crippen LogP contribution < -0.4 is 33.6 Å². The molecule has 0 bridgehead atoms. The molecule has 1 aliphatic heterocycles. The summed E-state index contributed by atoms with van der Waals surface area (Å²) in [6.07, 6.45) is 2.93. The number of likely N-dealkylation sites (tertiary alicyclic amines) is 1. The van der Waals surface area contributed by atoms with E-state index in [0.29, 0.717) is 45.2 Å². The number of nitrogens with two attached hydrogens (primary N) is 4. The standard InChI is InChI=1S/C20H38N8O5S/c21-8-2-1-5-14(19(32)33)27-16(29)13(6-3-9-25-20(23)24)26-17(30)15-7-4-10-28(15)18(31)12(22)11-34/h12-15,34H,1-11,21-22H2,(H,26,30)(H,27,29)(H,32,33)(H4,23,24,25). The summed E-state index contributed by atoms with van der Waals surface area (Å²) >= 11 is 4.04. The first-order chi connectivity index (χ1) is 16.1. The number of guanidine groups is 1. The Labute approximate surface area is 204 Å². The molecule has 1 saturated heterocycles. The Kier molecular flexibility index (Phi) is 13.3. The Morgan fingerprint density at radius 1 is 1.09 bits per heavy atom. The number of thiol groups is 1. The minimum atomic E-state index is -1.18. The fourth-order valence-electron chi connectivity index (χ4n) is 3.66. The normalized spacial score (nSPS) is 18.0. The van der Waals surface area contributed by atoms with Gasteiger partial charge in [-0.1, -0.05) is 0 Å². The zero-order valence-corrected chi connectivity index (χ0v) is 20.2. The quantitative estimate of drug-likeness (QED) is 0.0509. The lowest BCUT2D eigenvalue weighted by atomic mass is 10.1. The predicted octanol–water partition coefficient (Wildman–Crippen LogP) is -2.53.